The Bertz CT molecular complexity index is 1830. The third-order valence-corrected chi connectivity index (χ3v) is 7.96. The average Bonchev–Trinajstić information content (AvgIpc) is 3.36. The molecule has 0 bridgehead atoms. The molecule has 2 aliphatic heterocycles. The van der Waals surface area contributed by atoms with Gasteiger partial charge in [0, 0.05) is 13.2 Å². The summed E-state index contributed by atoms with van der Waals surface area (Å²) in [6, 6.07) is 11.9. The van der Waals surface area contributed by atoms with Crippen LogP contribution in [0.3, 0.4) is 0 Å². The summed E-state index contributed by atoms with van der Waals surface area (Å²) in [5.74, 6) is -3.59. The zero-order valence-electron chi connectivity index (χ0n) is 23.7. The first-order valence-electron chi connectivity index (χ1n) is 13.2. The molecule has 0 spiro atoms. The molecule has 5 rings (SSSR count). The molecule has 13 heteroatoms. The summed E-state index contributed by atoms with van der Waals surface area (Å²) in [6.07, 6.45) is 0.988. The summed E-state index contributed by atoms with van der Waals surface area (Å²) in [5, 5.41) is 2.54. The molecular formula is C30H27N3O9S. The maximum absolute atomic E-state index is 14.1. The van der Waals surface area contributed by atoms with E-state index in [1.807, 2.05) is 0 Å². The molecule has 2 heterocycles. The first kappa shape index (κ1) is 29.5. The Balaban J connectivity index is 1.61. The number of nitrogens with one attached hydrogen (secondary N) is 1. The van der Waals surface area contributed by atoms with Crippen molar-refractivity contribution in [1.29, 1.82) is 0 Å². The topological polar surface area (TPSA) is 156 Å². The summed E-state index contributed by atoms with van der Waals surface area (Å²) in [6.45, 7) is 3.29. The maximum atomic E-state index is 14.1. The van der Waals surface area contributed by atoms with Crippen molar-refractivity contribution in [3.8, 4) is 11.5 Å². The number of carbonyl (C=O) groups excluding carboxylic acids is 5. The summed E-state index contributed by atoms with van der Waals surface area (Å²) in [5.41, 5.74) is -0.0733. The molecule has 1 N–H and O–H groups in total. The van der Waals surface area contributed by atoms with Gasteiger partial charge in [0.2, 0.25) is 5.91 Å². The van der Waals surface area contributed by atoms with Gasteiger partial charge >= 0.3 is 0 Å². The fourth-order valence-electron chi connectivity index (χ4n) is 5.33. The number of anilines is 2. The normalized spacial score (nSPS) is 15.0. The minimum atomic E-state index is -3.75. The van der Waals surface area contributed by atoms with Gasteiger partial charge in [-0.05, 0) is 48.9 Å². The third-order valence-electron chi connectivity index (χ3n) is 7.04. The van der Waals surface area contributed by atoms with E-state index in [-0.39, 0.29) is 40.2 Å². The van der Waals surface area contributed by atoms with Gasteiger partial charge < -0.3 is 14.8 Å². The number of hydrogen-bond acceptors (Lipinski definition) is 9. The fourth-order valence-corrected chi connectivity index (χ4v) is 6.24. The Labute approximate surface area is 247 Å². The second-order valence-electron chi connectivity index (χ2n) is 9.99. The SMILES string of the molecule is CCOc1cc([C@@H](CS(C)(=O)=O)N2C(=O)c3cccc(N4C(=O)c5cccc(NC(C)=O)c5C4=O)c3C2=O)ccc1OC. The molecule has 0 saturated carbocycles. The van der Waals surface area contributed by atoms with Crippen molar-refractivity contribution in [2.45, 2.75) is 19.9 Å². The van der Waals surface area contributed by atoms with Crippen LogP contribution < -0.4 is 19.7 Å². The fraction of sp³-hybridized carbons (Fsp3) is 0.233. The average molecular weight is 606 g/mol. The van der Waals surface area contributed by atoms with Crippen molar-refractivity contribution in [3.05, 3.63) is 82.4 Å². The molecule has 0 radical (unpaired) electrons. The molecule has 5 amide bonds. The number of ether oxygens (including phenoxy) is 2. The predicted molar refractivity (Wildman–Crippen MR) is 155 cm³/mol. The maximum Gasteiger partial charge on any atom is 0.268 e. The van der Waals surface area contributed by atoms with Crippen LogP contribution in [0.5, 0.6) is 11.5 Å². The van der Waals surface area contributed by atoms with Crippen molar-refractivity contribution in [1.82, 2.24) is 4.90 Å². The Morgan fingerprint density at radius 2 is 1.56 bits per heavy atom. The van der Waals surface area contributed by atoms with Crippen LogP contribution in [0.2, 0.25) is 0 Å². The molecule has 12 nitrogen and oxygen atoms in total. The molecule has 43 heavy (non-hydrogen) atoms. The highest BCUT2D eigenvalue weighted by Gasteiger charge is 2.47. The highest BCUT2D eigenvalue weighted by atomic mass is 32.2. The number of carbonyl (C=O) groups is 5. The van der Waals surface area contributed by atoms with Crippen LogP contribution in [0, 0.1) is 0 Å². The van der Waals surface area contributed by atoms with Gasteiger partial charge in [0.15, 0.2) is 11.5 Å². The highest BCUT2D eigenvalue weighted by Crippen LogP contribution is 2.41. The minimum Gasteiger partial charge on any atom is -0.493 e. The molecule has 0 aliphatic carbocycles. The second-order valence-corrected chi connectivity index (χ2v) is 12.2. The monoisotopic (exact) mass is 605 g/mol. The molecule has 0 aromatic heterocycles. The van der Waals surface area contributed by atoms with Gasteiger partial charge in [0.1, 0.15) is 9.84 Å². The van der Waals surface area contributed by atoms with Crippen molar-refractivity contribution in [2.24, 2.45) is 0 Å². The first-order valence-corrected chi connectivity index (χ1v) is 15.2. The van der Waals surface area contributed by atoms with Gasteiger partial charge in [-0.3, -0.25) is 28.9 Å². The molecule has 0 saturated heterocycles. The van der Waals surface area contributed by atoms with E-state index >= 15 is 0 Å². The van der Waals surface area contributed by atoms with E-state index in [2.05, 4.69) is 5.32 Å². The largest absolute Gasteiger partial charge is 0.493 e. The Morgan fingerprint density at radius 1 is 0.884 bits per heavy atom. The van der Waals surface area contributed by atoms with Crippen molar-refractivity contribution in [2.75, 3.05) is 35.9 Å². The lowest BCUT2D eigenvalue weighted by molar-refractivity contribution is -0.114. The lowest BCUT2D eigenvalue weighted by atomic mass is 10.1. The van der Waals surface area contributed by atoms with Crippen LogP contribution in [-0.2, 0) is 14.6 Å². The molecule has 0 unspecified atom stereocenters. The quantitative estimate of drug-likeness (QED) is 0.362. The second kappa shape index (κ2) is 11.0. The number of imide groups is 2. The number of fused-ring (bicyclic) bond motifs is 2. The molecule has 3 aromatic rings. The number of benzene rings is 3. The number of sulfone groups is 1. The number of nitrogens with zero attached hydrogens (tertiary/aromatic N) is 2. The molecular weight excluding hydrogens is 578 g/mol. The smallest absolute Gasteiger partial charge is 0.268 e. The lowest BCUT2D eigenvalue weighted by Crippen LogP contribution is -2.38. The molecule has 2 aliphatic rings. The third kappa shape index (κ3) is 5.12. The van der Waals surface area contributed by atoms with E-state index in [1.165, 1.54) is 62.6 Å². The molecule has 1 atom stereocenters. The van der Waals surface area contributed by atoms with Gasteiger partial charge in [0.25, 0.3) is 23.6 Å². The summed E-state index contributed by atoms with van der Waals surface area (Å²) in [4.78, 5) is 68.3. The van der Waals surface area contributed by atoms with E-state index in [0.717, 1.165) is 16.1 Å². The van der Waals surface area contributed by atoms with Gasteiger partial charge in [0.05, 0.1) is 59.1 Å². The zero-order valence-corrected chi connectivity index (χ0v) is 24.5. The Morgan fingerprint density at radius 3 is 2.19 bits per heavy atom. The summed E-state index contributed by atoms with van der Waals surface area (Å²) in [7, 11) is -2.31. The van der Waals surface area contributed by atoms with Gasteiger partial charge in [-0.2, -0.15) is 0 Å². The number of rotatable bonds is 9. The summed E-state index contributed by atoms with van der Waals surface area (Å²) >= 11 is 0. The van der Waals surface area contributed by atoms with Crippen LogP contribution >= 0.6 is 0 Å². The van der Waals surface area contributed by atoms with E-state index in [0.29, 0.717) is 17.1 Å². The van der Waals surface area contributed by atoms with Crippen molar-refractivity contribution in [3.63, 3.8) is 0 Å². The first-order chi connectivity index (χ1) is 20.4. The van der Waals surface area contributed by atoms with Gasteiger partial charge in [-0.1, -0.05) is 18.2 Å². The van der Waals surface area contributed by atoms with Crippen molar-refractivity contribution < 1.29 is 41.9 Å². The van der Waals surface area contributed by atoms with Crippen LogP contribution in [0.25, 0.3) is 0 Å². The van der Waals surface area contributed by atoms with Gasteiger partial charge in [-0.15, -0.1) is 0 Å². The Hall–Kier alpha value is -5.04. The molecule has 3 aromatic carbocycles. The van der Waals surface area contributed by atoms with Crippen LogP contribution in [0.4, 0.5) is 11.4 Å². The lowest BCUT2D eigenvalue weighted by Gasteiger charge is -2.27. The predicted octanol–water partition coefficient (Wildman–Crippen LogP) is 3.23. The van der Waals surface area contributed by atoms with Crippen LogP contribution in [-0.4, -0.2) is 68.6 Å². The minimum absolute atomic E-state index is 0.0131. The van der Waals surface area contributed by atoms with Crippen molar-refractivity contribution >= 4 is 50.7 Å². The standard InChI is InChI=1S/C30H27N3O9S/c1-5-42-24-14-17(12-13-23(24)41-3)22(15-43(4,39)40)33-28(36)19-9-7-11-21(26(19)30(33)38)32-27(35)18-8-6-10-20(31-16(2)34)25(18)29(32)37/h6-14,22H,5,15H2,1-4H3,(H,31,34)/t22-/m1/s1. The van der Waals surface area contributed by atoms with Crippen LogP contribution in [0.1, 0.15) is 66.9 Å². The molecule has 222 valence electrons. The number of hydrogen-bond donors (Lipinski definition) is 1. The van der Waals surface area contributed by atoms with E-state index in [9.17, 15) is 32.4 Å². The number of amides is 5. The van der Waals surface area contributed by atoms with E-state index < -0.39 is 51.2 Å². The van der Waals surface area contributed by atoms with Crippen LogP contribution in [0.15, 0.2) is 54.6 Å². The summed E-state index contributed by atoms with van der Waals surface area (Å²) < 4.78 is 36.1. The molecule has 0 fully saturated rings. The van der Waals surface area contributed by atoms with Gasteiger partial charge in [-0.25, -0.2) is 13.3 Å². The van der Waals surface area contributed by atoms with E-state index in [1.54, 1.807) is 13.0 Å². The Kier molecular flexibility index (Phi) is 7.52. The van der Waals surface area contributed by atoms with E-state index in [4.69, 9.17) is 9.47 Å². The number of methoxy groups -OCH3 is 1. The zero-order chi connectivity index (χ0) is 31.2. The highest BCUT2D eigenvalue weighted by molar-refractivity contribution is 7.90.